The molecule has 0 unspecified atom stereocenters. The van der Waals surface area contributed by atoms with Gasteiger partial charge in [0.25, 0.3) is 5.69 Å². The van der Waals surface area contributed by atoms with Crippen LogP contribution in [0.15, 0.2) is 48.2 Å². The Kier molecular flexibility index (Phi) is 5.12. The first-order valence-corrected chi connectivity index (χ1v) is 9.56. The quantitative estimate of drug-likeness (QED) is 0.246. The van der Waals surface area contributed by atoms with Gasteiger partial charge < -0.3 is 9.47 Å². The maximum Gasteiger partial charge on any atom is 0.314 e. The highest BCUT2D eigenvalue weighted by Crippen LogP contribution is 2.35. The molecule has 0 saturated heterocycles. The zero-order valence-corrected chi connectivity index (χ0v) is 15.6. The number of fused-ring (bicyclic) bond motifs is 1. The van der Waals surface area contributed by atoms with Gasteiger partial charge in [0, 0.05) is 18.2 Å². The number of rotatable bonds is 4. The van der Waals surface area contributed by atoms with Crippen molar-refractivity contribution >= 4 is 23.5 Å². The molecule has 1 heterocycles. The Labute approximate surface area is 167 Å². The summed E-state index contributed by atoms with van der Waals surface area (Å²) in [6.07, 6.45) is 6.46. The van der Waals surface area contributed by atoms with E-state index < -0.39 is 4.92 Å². The Hall–Kier alpha value is -3.48. The number of esters is 1. The van der Waals surface area contributed by atoms with Crippen molar-refractivity contribution in [3.8, 4) is 11.5 Å². The summed E-state index contributed by atoms with van der Waals surface area (Å²) in [5.74, 6) is 0.196. The van der Waals surface area contributed by atoms with E-state index in [1.807, 2.05) is 0 Å². The summed E-state index contributed by atoms with van der Waals surface area (Å²) in [4.78, 5) is 35.1. The van der Waals surface area contributed by atoms with Crippen LogP contribution in [0.2, 0.25) is 0 Å². The molecule has 0 bridgehead atoms. The predicted octanol–water partition coefficient (Wildman–Crippen LogP) is 4.70. The van der Waals surface area contributed by atoms with Crippen molar-refractivity contribution < 1.29 is 24.0 Å². The number of Topliss-reactive ketones (excluding diaryl/α,β-unsaturated/α-hetero) is 1. The number of ether oxygens (including phenoxy) is 2. The van der Waals surface area contributed by atoms with E-state index in [1.165, 1.54) is 18.2 Å². The lowest BCUT2D eigenvalue weighted by Crippen LogP contribution is -2.22. The van der Waals surface area contributed by atoms with Crippen LogP contribution in [-0.2, 0) is 4.79 Å². The van der Waals surface area contributed by atoms with Crippen LogP contribution in [0.4, 0.5) is 5.69 Å². The summed E-state index contributed by atoms with van der Waals surface area (Å²) in [6.45, 7) is 0. The van der Waals surface area contributed by atoms with E-state index in [0.717, 1.165) is 32.1 Å². The maximum absolute atomic E-state index is 12.5. The first-order chi connectivity index (χ1) is 14.0. The monoisotopic (exact) mass is 393 g/mol. The molecular formula is C22H19NO6. The summed E-state index contributed by atoms with van der Waals surface area (Å²) < 4.78 is 11.1. The van der Waals surface area contributed by atoms with Crippen molar-refractivity contribution in [2.45, 2.75) is 32.1 Å². The third-order valence-electron chi connectivity index (χ3n) is 5.20. The largest absolute Gasteiger partial charge is 0.452 e. The van der Waals surface area contributed by atoms with Gasteiger partial charge in [0.15, 0.2) is 5.76 Å². The van der Waals surface area contributed by atoms with Crippen molar-refractivity contribution in [2.24, 2.45) is 5.92 Å². The first-order valence-electron chi connectivity index (χ1n) is 9.56. The number of nitro groups is 1. The van der Waals surface area contributed by atoms with Gasteiger partial charge >= 0.3 is 5.97 Å². The fourth-order valence-electron chi connectivity index (χ4n) is 3.61. The lowest BCUT2D eigenvalue weighted by molar-refractivity contribution is -0.384. The van der Waals surface area contributed by atoms with Crippen LogP contribution < -0.4 is 9.47 Å². The molecular weight excluding hydrogens is 374 g/mol. The van der Waals surface area contributed by atoms with E-state index in [1.54, 1.807) is 30.3 Å². The molecule has 1 fully saturated rings. The molecule has 7 nitrogen and oxygen atoms in total. The van der Waals surface area contributed by atoms with Gasteiger partial charge in [-0.1, -0.05) is 19.3 Å². The van der Waals surface area contributed by atoms with Crippen molar-refractivity contribution in [3.63, 3.8) is 0 Å². The highest BCUT2D eigenvalue weighted by atomic mass is 16.6. The number of hydrogen-bond donors (Lipinski definition) is 0. The van der Waals surface area contributed by atoms with Gasteiger partial charge in [-0.25, -0.2) is 0 Å². The Balaban J connectivity index is 1.49. The zero-order chi connectivity index (χ0) is 20.4. The first kappa shape index (κ1) is 18.9. The standard InChI is InChI=1S/C22H19NO6/c24-21-18-11-10-17(28-22(25)15-4-2-1-3-5-15)13-19(18)29-20(21)12-14-6-8-16(9-7-14)23(26)27/h6-13,15H,1-5H2/b20-12+. The van der Waals surface area contributed by atoms with E-state index in [9.17, 15) is 19.7 Å². The Morgan fingerprint density at radius 3 is 2.52 bits per heavy atom. The van der Waals surface area contributed by atoms with Gasteiger partial charge in [-0.05, 0) is 48.7 Å². The fraction of sp³-hybridized carbons (Fsp3) is 0.273. The molecule has 0 amide bonds. The smallest absolute Gasteiger partial charge is 0.314 e. The lowest BCUT2D eigenvalue weighted by atomic mass is 9.89. The van der Waals surface area contributed by atoms with E-state index in [-0.39, 0.29) is 29.1 Å². The summed E-state index contributed by atoms with van der Waals surface area (Å²) in [6, 6.07) is 10.5. The number of nitrogens with zero attached hydrogens (tertiary/aromatic N) is 1. The Morgan fingerprint density at radius 2 is 1.83 bits per heavy atom. The van der Waals surface area contributed by atoms with Crippen molar-refractivity contribution in [2.75, 3.05) is 0 Å². The number of benzene rings is 2. The molecule has 1 saturated carbocycles. The van der Waals surface area contributed by atoms with Gasteiger partial charge in [0.05, 0.1) is 16.4 Å². The minimum atomic E-state index is -0.486. The van der Waals surface area contributed by atoms with Gasteiger partial charge in [-0.3, -0.25) is 19.7 Å². The highest BCUT2D eigenvalue weighted by Gasteiger charge is 2.29. The number of carbonyl (C=O) groups is 2. The fourth-order valence-corrected chi connectivity index (χ4v) is 3.61. The van der Waals surface area contributed by atoms with Crippen molar-refractivity contribution in [1.29, 1.82) is 0 Å². The van der Waals surface area contributed by atoms with Crippen molar-refractivity contribution in [1.82, 2.24) is 0 Å². The number of hydrogen-bond acceptors (Lipinski definition) is 6. The molecule has 2 aromatic rings. The van der Waals surface area contributed by atoms with E-state index in [4.69, 9.17) is 9.47 Å². The Bertz CT molecular complexity index is 1000. The van der Waals surface area contributed by atoms with Crippen molar-refractivity contribution in [3.05, 3.63) is 69.5 Å². The lowest BCUT2D eigenvalue weighted by Gasteiger charge is -2.19. The van der Waals surface area contributed by atoms with E-state index in [0.29, 0.717) is 22.6 Å². The van der Waals surface area contributed by atoms with Crippen LogP contribution >= 0.6 is 0 Å². The highest BCUT2D eigenvalue weighted by molar-refractivity contribution is 6.14. The number of ketones is 1. The summed E-state index contributed by atoms with van der Waals surface area (Å²) in [5, 5.41) is 10.7. The minimum Gasteiger partial charge on any atom is -0.452 e. The molecule has 148 valence electrons. The summed E-state index contributed by atoms with van der Waals surface area (Å²) in [7, 11) is 0. The van der Waals surface area contributed by atoms with Crippen LogP contribution in [0.1, 0.15) is 48.0 Å². The number of allylic oxidation sites excluding steroid dienone is 1. The van der Waals surface area contributed by atoms with Crippen LogP contribution in [-0.4, -0.2) is 16.7 Å². The minimum absolute atomic E-state index is 0.0291. The molecule has 0 atom stereocenters. The molecule has 2 aromatic carbocycles. The van der Waals surface area contributed by atoms with Crippen LogP contribution in [0.5, 0.6) is 11.5 Å². The van der Waals surface area contributed by atoms with E-state index >= 15 is 0 Å². The molecule has 0 N–H and O–H groups in total. The van der Waals surface area contributed by atoms with Gasteiger partial charge in [-0.15, -0.1) is 0 Å². The normalized spacial score (nSPS) is 17.7. The maximum atomic E-state index is 12.5. The number of nitro benzene ring substituents is 1. The molecule has 1 aliphatic carbocycles. The van der Waals surface area contributed by atoms with E-state index in [2.05, 4.69) is 0 Å². The Morgan fingerprint density at radius 1 is 1.10 bits per heavy atom. The van der Waals surface area contributed by atoms with Crippen LogP contribution in [0.25, 0.3) is 6.08 Å². The second-order valence-corrected chi connectivity index (χ2v) is 7.20. The molecule has 0 aromatic heterocycles. The third-order valence-corrected chi connectivity index (χ3v) is 5.20. The number of carbonyl (C=O) groups excluding carboxylic acids is 2. The second-order valence-electron chi connectivity index (χ2n) is 7.20. The average Bonchev–Trinajstić information content (AvgIpc) is 3.03. The topological polar surface area (TPSA) is 95.7 Å². The predicted molar refractivity (Wildman–Crippen MR) is 105 cm³/mol. The molecule has 7 heteroatoms. The zero-order valence-electron chi connectivity index (χ0n) is 15.6. The summed E-state index contributed by atoms with van der Waals surface area (Å²) >= 11 is 0. The molecule has 4 rings (SSSR count). The summed E-state index contributed by atoms with van der Waals surface area (Å²) in [5.41, 5.74) is 0.963. The molecule has 2 aliphatic rings. The molecule has 29 heavy (non-hydrogen) atoms. The second kappa shape index (κ2) is 7.87. The molecule has 0 radical (unpaired) electrons. The van der Waals surface area contributed by atoms with Gasteiger partial charge in [-0.2, -0.15) is 0 Å². The molecule has 0 spiro atoms. The average molecular weight is 393 g/mol. The number of non-ortho nitro benzene ring substituents is 1. The van der Waals surface area contributed by atoms with Gasteiger partial charge in [0.2, 0.25) is 5.78 Å². The third kappa shape index (κ3) is 4.03. The van der Waals surface area contributed by atoms with Gasteiger partial charge in [0.1, 0.15) is 11.5 Å². The van der Waals surface area contributed by atoms with Crippen LogP contribution in [0.3, 0.4) is 0 Å². The molecule has 1 aliphatic heterocycles. The SMILES string of the molecule is O=C1/C(=C\c2ccc([N+](=O)[O-])cc2)Oc2cc(OC(=O)C3CCCCC3)ccc21. The van der Waals surface area contributed by atoms with Crippen LogP contribution in [0, 0.1) is 16.0 Å².